The fourth-order valence-corrected chi connectivity index (χ4v) is 7.00. The third kappa shape index (κ3) is 2.47. The van der Waals surface area contributed by atoms with Gasteiger partial charge in [-0.15, -0.1) is 0 Å². The van der Waals surface area contributed by atoms with Crippen LogP contribution in [0, 0.1) is 28.6 Å². The summed E-state index contributed by atoms with van der Waals surface area (Å²) in [5, 5.41) is 12.6. The Morgan fingerprint density at radius 3 is 2.68 bits per heavy atom. The van der Waals surface area contributed by atoms with Crippen molar-refractivity contribution in [2.75, 3.05) is 0 Å². The number of hydrogen-bond donors (Lipinski definition) is 1. The number of allylic oxidation sites excluding steroid dienone is 2. The monoisotopic (exact) mass is 345 g/mol. The van der Waals surface area contributed by atoms with Crippen molar-refractivity contribution in [2.24, 2.45) is 33.7 Å². The summed E-state index contributed by atoms with van der Waals surface area (Å²) in [6.45, 7) is 6.37. The number of carbonyl (C=O) groups is 1. The number of rotatable bonds is 1. The highest BCUT2D eigenvalue weighted by atomic mass is 16.5. The topological polar surface area (TPSA) is 58.9 Å². The van der Waals surface area contributed by atoms with Gasteiger partial charge in [-0.25, -0.2) is 0 Å². The van der Waals surface area contributed by atoms with E-state index in [1.807, 2.05) is 0 Å². The Balaban J connectivity index is 1.61. The van der Waals surface area contributed by atoms with Crippen LogP contribution in [-0.4, -0.2) is 23.0 Å². The number of carbonyl (C=O) groups excluding carboxylic acids is 1. The van der Waals surface area contributed by atoms with Crippen molar-refractivity contribution < 1.29 is 14.7 Å². The molecule has 0 heterocycles. The van der Waals surface area contributed by atoms with Gasteiger partial charge in [0.15, 0.2) is 0 Å². The Morgan fingerprint density at radius 2 is 1.96 bits per heavy atom. The van der Waals surface area contributed by atoms with Gasteiger partial charge in [0.05, 0.1) is 5.71 Å². The number of hydrogen-bond acceptors (Lipinski definition) is 4. The average molecular weight is 345 g/mol. The first kappa shape index (κ1) is 17.1. The van der Waals surface area contributed by atoms with Gasteiger partial charge in [0.2, 0.25) is 0 Å². The highest BCUT2D eigenvalue weighted by molar-refractivity contribution is 5.96. The van der Waals surface area contributed by atoms with E-state index >= 15 is 0 Å². The van der Waals surface area contributed by atoms with E-state index in [0.717, 1.165) is 43.2 Å². The van der Waals surface area contributed by atoms with Crippen LogP contribution in [0.1, 0.15) is 72.1 Å². The summed E-state index contributed by atoms with van der Waals surface area (Å²) in [5.41, 5.74) is 2.78. The molecule has 0 aliphatic heterocycles. The molecule has 0 aromatic rings. The second-order valence-electron chi connectivity index (χ2n) is 9.31. The number of esters is 1. The van der Waals surface area contributed by atoms with Crippen LogP contribution in [0.2, 0.25) is 0 Å². The number of fused-ring (bicyclic) bond motifs is 5. The Labute approximate surface area is 150 Å². The molecule has 4 rings (SSSR count). The highest BCUT2D eigenvalue weighted by Gasteiger charge is 2.59. The van der Waals surface area contributed by atoms with Crippen LogP contribution in [0.25, 0.3) is 0 Å². The van der Waals surface area contributed by atoms with E-state index in [1.165, 1.54) is 31.3 Å². The molecule has 0 bridgehead atoms. The van der Waals surface area contributed by atoms with Crippen LogP contribution in [0.15, 0.2) is 16.8 Å². The molecule has 138 valence electrons. The summed E-state index contributed by atoms with van der Waals surface area (Å²) in [5.74, 6) is 2.02. The van der Waals surface area contributed by atoms with Crippen LogP contribution < -0.4 is 0 Å². The lowest BCUT2D eigenvalue weighted by Crippen LogP contribution is -2.51. The molecule has 0 amide bonds. The molecule has 4 heteroatoms. The van der Waals surface area contributed by atoms with Gasteiger partial charge in [-0.1, -0.05) is 24.6 Å². The molecule has 4 aliphatic carbocycles. The van der Waals surface area contributed by atoms with Gasteiger partial charge in [-0.2, -0.15) is 0 Å². The third-order valence-corrected chi connectivity index (χ3v) is 8.33. The Morgan fingerprint density at radius 1 is 1.16 bits per heavy atom. The van der Waals surface area contributed by atoms with Gasteiger partial charge in [0.1, 0.15) is 6.10 Å². The standard InChI is InChI=1S/C21H31NO3/c1-13(23)25-19-7-6-17-16-5-4-14-12-15(22-24)8-10-20(14,2)18(16)9-11-21(17,19)3/h12,16-19,24H,4-11H2,1-3H3/b22-15-/t16?,17?,18?,19-,20-,21-/m0/s1. The van der Waals surface area contributed by atoms with E-state index < -0.39 is 0 Å². The number of ether oxygens (including phenoxy) is 1. The molecule has 4 nitrogen and oxygen atoms in total. The minimum atomic E-state index is -0.127. The summed E-state index contributed by atoms with van der Waals surface area (Å²) in [4.78, 5) is 11.5. The average Bonchev–Trinajstić information content (AvgIpc) is 2.90. The number of nitrogens with zero attached hydrogens (tertiary/aromatic N) is 1. The van der Waals surface area contributed by atoms with Crippen molar-refractivity contribution in [3.05, 3.63) is 11.6 Å². The Hall–Kier alpha value is -1.32. The van der Waals surface area contributed by atoms with Crippen molar-refractivity contribution in [3.8, 4) is 0 Å². The Kier molecular flexibility index (Phi) is 4.01. The highest BCUT2D eigenvalue weighted by Crippen LogP contribution is 2.65. The fraction of sp³-hybridized carbons (Fsp3) is 0.810. The van der Waals surface area contributed by atoms with E-state index in [2.05, 4.69) is 25.1 Å². The summed E-state index contributed by atoms with van der Waals surface area (Å²) < 4.78 is 5.73. The molecular formula is C21H31NO3. The van der Waals surface area contributed by atoms with Gasteiger partial charge < -0.3 is 9.94 Å². The van der Waals surface area contributed by atoms with Crippen molar-refractivity contribution in [1.29, 1.82) is 0 Å². The van der Waals surface area contributed by atoms with Crippen molar-refractivity contribution >= 4 is 11.7 Å². The maximum absolute atomic E-state index is 11.5. The summed E-state index contributed by atoms with van der Waals surface area (Å²) in [7, 11) is 0. The molecule has 3 fully saturated rings. The quantitative estimate of drug-likeness (QED) is 0.425. The van der Waals surface area contributed by atoms with E-state index in [4.69, 9.17) is 9.94 Å². The van der Waals surface area contributed by atoms with Crippen LogP contribution in [0.3, 0.4) is 0 Å². The SMILES string of the molecule is CC(=O)O[C@H]1CCC2C3CCC4=C/C(=N\O)CC[C@]4(C)C3CC[C@@]21C. The minimum absolute atomic E-state index is 0.111. The number of oxime groups is 1. The molecule has 3 unspecified atom stereocenters. The van der Waals surface area contributed by atoms with Gasteiger partial charge in [0.25, 0.3) is 0 Å². The molecule has 4 aliphatic rings. The van der Waals surface area contributed by atoms with Gasteiger partial charge in [0, 0.05) is 12.3 Å². The van der Waals surface area contributed by atoms with Crippen molar-refractivity contribution in [1.82, 2.24) is 0 Å². The predicted molar refractivity (Wildman–Crippen MR) is 96.5 cm³/mol. The smallest absolute Gasteiger partial charge is 0.302 e. The Bertz CT molecular complexity index is 639. The maximum atomic E-state index is 11.5. The molecule has 0 spiro atoms. The molecule has 0 aromatic heterocycles. The van der Waals surface area contributed by atoms with E-state index in [-0.39, 0.29) is 22.9 Å². The maximum Gasteiger partial charge on any atom is 0.302 e. The molecule has 0 saturated heterocycles. The first-order chi connectivity index (χ1) is 11.9. The lowest BCUT2D eigenvalue weighted by molar-refractivity contribution is -0.157. The van der Waals surface area contributed by atoms with E-state index in [9.17, 15) is 4.79 Å². The normalized spacial score (nSPS) is 47.5. The lowest BCUT2D eigenvalue weighted by Gasteiger charge is -2.57. The largest absolute Gasteiger partial charge is 0.462 e. The van der Waals surface area contributed by atoms with Crippen LogP contribution in [0.5, 0.6) is 0 Å². The molecule has 0 aromatic carbocycles. The molecule has 6 atom stereocenters. The van der Waals surface area contributed by atoms with Gasteiger partial charge in [-0.05, 0) is 80.6 Å². The van der Waals surface area contributed by atoms with E-state index in [0.29, 0.717) is 5.92 Å². The minimum Gasteiger partial charge on any atom is -0.462 e. The molecule has 3 saturated carbocycles. The fourth-order valence-electron chi connectivity index (χ4n) is 7.00. The van der Waals surface area contributed by atoms with Crippen LogP contribution in [-0.2, 0) is 9.53 Å². The zero-order valence-electron chi connectivity index (χ0n) is 15.8. The van der Waals surface area contributed by atoms with Crippen LogP contribution >= 0.6 is 0 Å². The first-order valence-electron chi connectivity index (χ1n) is 9.97. The van der Waals surface area contributed by atoms with Crippen LogP contribution in [0.4, 0.5) is 0 Å². The molecule has 0 radical (unpaired) electrons. The second kappa shape index (κ2) is 5.85. The predicted octanol–water partition coefficient (Wildman–Crippen LogP) is 4.71. The lowest BCUT2D eigenvalue weighted by atomic mass is 9.47. The first-order valence-corrected chi connectivity index (χ1v) is 9.97. The summed E-state index contributed by atoms with van der Waals surface area (Å²) in [6, 6.07) is 0. The molecule has 1 N–H and O–H groups in total. The van der Waals surface area contributed by atoms with Crippen molar-refractivity contribution in [2.45, 2.75) is 78.2 Å². The van der Waals surface area contributed by atoms with Gasteiger partial charge >= 0.3 is 5.97 Å². The third-order valence-electron chi connectivity index (χ3n) is 8.33. The zero-order chi connectivity index (χ0) is 17.8. The molecule has 25 heavy (non-hydrogen) atoms. The zero-order valence-corrected chi connectivity index (χ0v) is 15.8. The summed E-state index contributed by atoms with van der Waals surface area (Å²) >= 11 is 0. The summed E-state index contributed by atoms with van der Waals surface area (Å²) in [6.07, 6.45) is 11.3. The van der Waals surface area contributed by atoms with Gasteiger partial charge in [-0.3, -0.25) is 4.79 Å². The van der Waals surface area contributed by atoms with Crippen molar-refractivity contribution in [3.63, 3.8) is 0 Å². The molecular weight excluding hydrogens is 314 g/mol. The second-order valence-corrected chi connectivity index (χ2v) is 9.31. The van der Waals surface area contributed by atoms with E-state index in [1.54, 1.807) is 6.92 Å².